The van der Waals surface area contributed by atoms with Crippen molar-refractivity contribution in [2.24, 2.45) is 5.73 Å². The molecule has 0 aliphatic carbocycles. The predicted octanol–water partition coefficient (Wildman–Crippen LogP) is 1.81. The van der Waals surface area contributed by atoms with Crippen LogP contribution in [0.5, 0.6) is 5.75 Å². The minimum absolute atomic E-state index is 0.00986. The highest BCUT2D eigenvalue weighted by Crippen LogP contribution is 2.32. The molecule has 1 aliphatic heterocycles. The van der Waals surface area contributed by atoms with Crippen LogP contribution in [0.4, 0.5) is 0 Å². The summed E-state index contributed by atoms with van der Waals surface area (Å²) in [6, 6.07) is 12.7. The lowest BCUT2D eigenvalue weighted by molar-refractivity contribution is 0.0303. The van der Waals surface area contributed by atoms with E-state index < -0.39 is 5.40 Å². The van der Waals surface area contributed by atoms with Gasteiger partial charge in [-0.2, -0.15) is 0 Å². The molecule has 2 aromatic rings. The maximum absolute atomic E-state index is 12.5. The fourth-order valence-corrected chi connectivity index (χ4v) is 2.98. The SMILES string of the molecule is [B]C([B])(CN)Oc1ccc(-c2ccc(C(=O)N3CCOCC3)cc2)cc1Cl. The zero-order valence-corrected chi connectivity index (χ0v) is 15.6. The summed E-state index contributed by atoms with van der Waals surface area (Å²) in [6.45, 7) is 2.33. The van der Waals surface area contributed by atoms with Gasteiger partial charge in [0.25, 0.3) is 5.91 Å². The first-order chi connectivity index (χ1) is 12.9. The molecule has 1 heterocycles. The third-order valence-electron chi connectivity index (χ3n) is 4.31. The van der Waals surface area contributed by atoms with E-state index in [0.29, 0.717) is 42.6 Å². The van der Waals surface area contributed by atoms with Crippen molar-refractivity contribution in [3.8, 4) is 16.9 Å². The highest BCUT2D eigenvalue weighted by Gasteiger charge is 2.19. The number of rotatable bonds is 5. The Morgan fingerprint density at radius 1 is 1.15 bits per heavy atom. The summed E-state index contributed by atoms with van der Waals surface area (Å²) in [5.41, 5.74) is 7.91. The first kappa shape index (κ1) is 19.8. The van der Waals surface area contributed by atoms with Gasteiger partial charge in [0.15, 0.2) is 0 Å². The molecule has 1 aliphatic rings. The second-order valence-electron chi connectivity index (χ2n) is 6.39. The van der Waals surface area contributed by atoms with Crippen molar-refractivity contribution in [3.63, 3.8) is 0 Å². The van der Waals surface area contributed by atoms with Crippen LogP contribution in [-0.4, -0.2) is 64.7 Å². The molecule has 136 valence electrons. The molecule has 2 N–H and O–H groups in total. The zero-order valence-electron chi connectivity index (χ0n) is 14.9. The number of carbonyl (C=O) groups is 1. The van der Waals surface area contributed by atoms with E-state index in [9.17, 15) is 4.79 Å². The first-order valence-corrected chi connectivity index (χ1v) is 9.01. The lowest BCUT2D eigenvalue weighted by Crippen LogP contribution is -2.44. The molecule has 0 saturated carbocycles. The van der Waals surface area contributed by atoms with Gasteiger partial charge in [0.2, 0.25) is 0 Å². The zero-order chi connectivity index (χ0) is 19.4. The van der Waals surface area contributed by atoms with Gasteiger partial charge in [0.05, 0.1) is 18.2 Å². The highest BCUT2D eigenvalue weighted by molar-refractivity contribution is 6.39. The number of hydrogen-bond donors (Lipinski definition) is 1. The van der Waals surface area contributed by atoms with Crippen molar-refractivity contribution in [2.75, 3.05) is 32.8 Å². The molecular weight excluding hydrogens is 361 g/mol. The molecule has 0 atom stereocenters. The van der Waals surface area contributed by atoms with E-state index in [1.165, 1.54) is 0 Å². The van der Waals surface area contributed by atoms with Crippen molar-refractivity contribution in [1.29, 1.82) is 0 Å². The molecule has 0 spiro atoms. The number of benzene rings is 2. The quantitative estimate of drug-likeness (QED) is 0.804. The van der Waals surface area contributed by atoms with E-state index in [1.807, 2.05) is 30.3 Å². The Bertz CT molecular complexity index is 809. The Morgan fingerprint density at radius 3 is 2.37 bits per heavy atom. The number of amides is 1. The van der Waals surface area contributed by atoms with Crippen LogP contribution >= 0.6 is 11.6 Å². The third kappa shape index (κ3) is 4.86. The van der Waals surface area contributed by atoms with Crippen molar-refractivity contribution in [1.82, 2.24) is 4.90 Å². The molecule has 0 bridgehead atoms. The Morgan fingerprint density at radius 2 is 1.78 bits per heavy atom. The number of nitrogens with zero attached hydrogens (tertiary/aromatic N) is 1. The highest BCUT2D eigenvalue weighted by atomic mass is 35.5. The number of morpholine rings is 1. The summed E-state index contributed by atoms with van der Waals surface area (Å²) in [5, 5.41) is -1.11. The third-order valence-corrected chi connectivity index (χ3v) is 4.61. The first-order valence-electron chi connectivity index (χ1n) is 8.63. The number of nitrogens with two attached hydrogens (primary N) is 1. The maximum Gasteiger partial charge on any atom is 0.254 e. The summed E-state index contributed by atoms with van der Waals surface area (Å²) in [4.78, 5) is 14.3. The minimum Gasteiger partial charge on any atom is -0.504 e. The van der Waals surface area contributed by atoms with Gasteiger partial charge in [-0.25, -0.2) is 0 Å². The summed E-state index contributed by atoms with van der Waals surface area (Å²) in [6.07, 6.45) is 0. The van der Waals surface area contributed by atoms with Crippen molar-refractivity contribution >= 4 is 33.2 Å². The van der Waals surface area contributed by atoms with E-state index in [0.717, 1.165) is 11.1 Å². The number of hydrogen-bond acceptors (Lipinski definition) is 4. The normalized spacial score (nSPS) is 14.8. The molecule has 1 saturated heterocycles. The van der Waals surface area contributed by atoms with E-state index in [1.54, 1.807) is 17.0 Å². The number of halogens is 1. The molecule has 0 aromatic heterocycles. The van der Waals surface area contributed by atoms with Crippen LogP contribution in [0.25, 0.3) is 11.1 Å². The molecule has 4 radical (unpaired) electrons. The van der Waals surface area contributed by atoms with Gasteiger partial charge in [0.1, 0.15) is 21.4 Å². The molecule has 8 heteroatoms. The van der Waals surface area contributed by atoms with Crippen LogP contribution in [0.3, 0.4) is 0 Å². The fourth-order valence-electron chi connectivity index (χ4n) is 2.76. The molecule has 27 heavy (non-hydrogen) atoms. The van der Waals surface area contributed by atoms with Crippen LogP contribution in [0.15, 0.2) is 42.5 Å². The lowest BCUT2D eigenvalue weighted by atomic mass is 9.65. The van der Waals surface area contributed by atoms with Gasteiger partial charge < -0.3 is 20.1 Å². The molecule has 5 nitrogen and oxygen atoms in total. The summed E-state index contributed by atoms with van der Waals surface area (Å²) in [5.74, 6) is 0.366. The largest absolute Gasteiger partial charge is 0.504 e. The van der Waals surface area contributed by atoms with Crippen molar-refractivity contribution in [3.05, 3.63) is 53.1 Å². The van der Waals surface area contributed by atoms with Gasteiger partial charge in [-0.05, 0) is 35.4 Å². The monoisotopic (exact) mass is 380 g/mol. The van der Waals surface area contributed by atoms with Crippen LogP contribution in [0.1, 0.15) is 10.4 Å². The second-order valence-corrected chi connectivity index (χ2v) is 6.80. The van der Waals surface area contributed by atoms with E-state index >= 15 is 0 Å². The van der Waals surface area contributed by atoms with Gasteiger partial charge in [-0.1, -0.05) is 29.8 Å². The average molecular weight is 380 g/mol. The molecule has 1 amide bonds. The minimum atomic E-state index is -1.48. The molecule has 3 rings (SSSR count). The molecule has 1 fully saturated rings. The Labute approximate surface area is 166 Å². The van der Waals surface area contributed by atoms with Crippen LogP contribution in [-0.2, 0) is 4.74 Å². The Balaban J connectivity index is 1.75. The van der Waals surface area contributed by atoms with E-state index in [-0.39, 0.29) is 12.5 Å². The predicted molar refractivity (Wildman–Crippen MR) is 108 cm³/mol. The van der Waals surface area contributed by atoms with Crippen LogP contribution < -0.4 is 10.5 Å². The standard InChI is InChI=1S/C19H19B2ClN2O3/c20-19(21,12-23)27-17-6-5-15(11-16(17)22)13-1-3-14(4-2-13)18(25)24-7-9-26-10-8-24/h1-6,11H,7-10,12,23H2. The van der Waals surface area contributed by atoms with Gasteiger partial charge in [-0.15, -0.1) is 0 Å². The molecule has 2 aromatic carbocycles. The van der Waals surface area contributed by atoms with Gasteiger partial charge >= 0.3 is 0 Å². The summed E-state index contributed by atoms with van der Waals surface area (Å²) in [7, 11) is 11.4. The van der Waals surface area contributed by atoms with E-state index in [2.05, 4.69) is 0 Å². The van der Waals surface area contributed by atoms with Crippen LogP contribution in [0.2, 0.25) is 5.02 Å². The second kappa shape index (κ2) is 8.38. The number of carbonyl (C=O) groups excluding carboxylic acids is 1. The van der Waals surface area contributed by atoms with Gasteiger partial charge in [-0.3, -0.25) is 4.79 Å². The summed E-state index contributed by atoms with van der Waals surface area (Å²) >= 11 is 6.28. The Kier molecular flexibility index (Phi) is 6.15. The molecule has 0 unspecified atom stereocenters. The van der Waals surface area contributed by atoms with Crippen molar-refractivity contribution < 1.29 is 14.3 Å². The topological polar surface area (TPSA) is 64.8 Å². The van der Waals surface area contributed by atoms with E-state index in [4.69, 9.17) is 42.5 Å². The smallest absolute Gasteiger partial charge is 0.254 e. The van der Waals surface area contributed by atoms with Crippen molar-refractivity contribution in [2.45, 2.75) is 5.40 Å². The van der Waals surface area contributed by atoms with Gasteiger partial charge in [0, 0.05) is 30.6 Å². The fraction of sp³-hybridized carbons (Fsp3) is 0.316. The van der Waals surface area contributed by atoms with Crippen LogP contribution in [0, 0.1) is 0 Å². The summed E-state index contributed by atoms with van der Waals surface area (Å²) < 4.78 is 10.7. The Hall–Kier alpha value is -1.95. The molecular formula is C19H19B2ClN2O3. The lowest BCUT2D eigenvalue weighted by Gasteiger charge is -2.27. The maximum atomic E-state index is 12.5. The number of ether oxygens (including phenoxy) is 2. The average Bonchev–Trinajstić information content (AvgIpc) is 2.70.